The number of tetrazole rings is 1. The van der Waals surface area contributed by atoms with Crippen LogP contribution in [-0.2, 0) is 0 Å². The van der Waals surface area contributed by atoms with Crippen LogP contribution in [0.15, 0.2) is 54.6 Å². The summed E-state index contributed by atoms with van der Waals surface area (Å²) in [5.74, 6) is 2.12. The lowest BCUT2D eigenvalue weighted by atomic mass is 10.0. The number of hydrogen-bond acceptors (Lipinski definition) is 6. The Morgan fingerprint density at radius 3 is 2.83 bits per heavy atom. The summed E-state index contributed by atoms with van der Waals surface area (Å²) in [7, 11) is 0. The lowest BCUT2D eigenvalue weighted by molar-refractivity contribution is 0.174. The van der Waals surface area contributed by atoms with Crippen LogP contribution in [0.3, 0.4) is 0 Å². The molecule has 1 atom stereocenters. The first-order valence-electron chi connectivity index (χ1n) is 7.60. The first kappa shape index (κ1) is 13.1. The van der Waals surface area contributed by atoms with Crippen LogP contribution >= 0.6 is 0 Å². The molecule has 0 fully saturated rings. The van der Waals surface area contributed by atoms with Gasteiger partial charge in [0.1, 0.15) is 6.04 Å². The third-order valence-corrected chi connectivity index (χ3v) is 4.15. The van der Waals surface area contributed by atoms with Gasteiger partial charge in [0, 0.05) is 11.3 Å². The monoisotopic (exact) mass is 319 g/mol. The number of fused-ring (bicyclic) bond motifs is 2. The minimum atomic E-state index is -0.0714. The van der Waals surface area contributed by atoms with Gasteiger partial charge in [-0.2, -0.15) is 4.68 Å². The molecule has 118 valence electrons. The fourth-order valence-electron chi connectivity index (χ4n) is 2.97. The number of allylic oxidation sites excluding steroid dienone is 1. The molecule has 0 spiro atoms. The molecular formula is C17H13N5O2. The van der Waals surface area contributed by atoms with Crippen molar-refractivity contribution < 1.29 is 9.47 Å². The number of anilines is 1. The van der Waals surface area contributed by atoms with Crippen molar-refractivity contribution in [2.45, 2.75) is 6.04 Å². The Balaban J connectivity index is 1.60. The zero-order chi connectivity index (χ0) is 15.9. The number of nitrogens with zero attached hydrogens (tertiary/aromatic N) is 4. The lowest BCUT2D eigenvalue weighted by Crippen LogP contribution is -2.20. The van der Waals surface area contributed by atoms with Gasteiger partial charge >= 0.3 is 0 Å². The summed E-state index contributed by atoms with van der Waals surface area (Å²) < 4.78 is 12.6. The summed E-state index contributed by atoms with van der Waals surface area (Å²) in [6.45, 7) is 0.260. The fraction of sp³-hybridized carbons (Fsp3) is 0.118. The zero-order valence-corrected chi connectivity index (χ0v) is 12.6. The maximum atomic E-state index is 5.47. The highest BCUT2D eigenvalue weighted by atomic mass is 16.7. The van der Waals surface area contributed by atoms with Gasteiger partial charge in [-0.05, 0) is 40.3 Å². The number of aromatic nitrogens is 4. The summed E-state index contributed by atoms with van der Waals surface area (Å²) in [4.78, 5) is 0. The SMILES string of the molecule is C1=C(c2ccc3c(c2)OCO3)Nc2nnnn2C1c1ccccc1. The summed E-state index contributed by atoms with van der Waals surface area (Å²) in [6.07, 6.45) is 2.11. The fourth-order valence-corrected chi connectivity index (χ4v) is 2.97. The number of nitrogens with one attached hydrogen (secondary N) is 1. The van der Waals surface area contributed by atoms with Gasteiger partial charge in [-0.15, -0.1) is 0 Å². The van der Waals surface area contributed by atoms with Gasteiger partial charge in [-0.1, -0.05) is 35.4 Å². The molecule has 0 radical (unpaired) electrons. The van der Waals surface area contributed by atoms with Crippen LogP contribution in [0.4, 0.5) is 5.95 Å². The molecule has 1 aromatic heterocycles. The van der Waals surface area contributed by atoms with Crippen molar-refractivity contribution >= 4 is 11.6 Å². The maximum absolute atomic E-state index is 5.47. The van der Waals surface area contributed by atoms with E-state index in [4.69, 9.17) is 9.47 Å². The molecule has 1 N–H and O–H groups in total. The highest BCUT2D eigenvalue weighted by Crippen LogP contribution is 2.37. The molecule has 0 amide bonds. The first-order valence-corrected chi connectivity index (χ1v) is 7.60. The van der Waals surface area contributed by atoms with Crippen LogP contribution in [0.25, 0.3) is 5.70 Å². The standard InChI is InChI=1S/C17H13N5O2/c1-2-4-11(5-3-1)14-9-13(18-17-19-20-21-22(14)17)12-6-7-15-16(8-12)24-10-23-15/h1-9,14H,10H2,(H,18,19,21). The molecular weight excluding hydrogens is 306 g/mol. The van der Waals surface area contributed by atoms with Crippen molar-refractivity contribution in [1.29, 1.82) is 0 Å². The van der Waals surface area contributed by atoms with E-state index in [1.54, 1.807) is 4.68 Å². The van der Waals surface area contributed by atoms with Crippen LogP contribution in [0.5, 0.6) is 11.5 Å². The van der Waals surface area contributed by atoms with Gasteiger partial charge in [0.05, 0.1) is 0 Å². The van der Waals surface area contributed by atoms with E-state index in [9.17, 15) is 0 Å². The summed E-state index contributed by atoms with van der Waals surface area (Å²) in [5.41, 5.74) is 3.05. The Bertz CT molecular complexity index is 935. The Kier molecular flexibility index (Phi) is 2.78. The van der Waals surface area contributed by atoms with Gasteiger partial charge in [-0.3, -0.25) is 0 Å². The highest BCUT2D eigenvalue weighted by Gasteiger charge is 2.25. The average Bonchev–Trinajstić information content (AvgIpc) is 3.29. The Labute approximate surface area is 137 Å². The normalized spacial score (nSPS) is 17.8. The van der Waals surface area contributed by atoms with E-state index in [1.807, 2.05) is 36.4 Å². The molecule has 0 aliphatic carbocycles. The van der Waals surface area contributed by atoms with E-state index >= 15 is 0 Å². The molecule has 7 nitrogen and oxygen atoms in total. The van der Waals surface area contributed by atoms with Gasteiger partial charge in [0.2, 0.25) is 12.7 Å². The number of rotatable bonds is 2. The van der Waals surface area contributed by atoms with Crippen molar-refractivity contribution in [1.82, 2.24) is 20.2 Å². The van der Waals surface area contributed by atoms with Crippen molar-refractivity contribution in [2.75, 3.05) is 12.1 Å². The van der Waals surface area contributed by atoms with E-state index in [0.29, 0.717) is 5.95 Å². The quantitative estimate of drug-likeness (QED) is 0.782. The molecule has 5 rings (SSSR count). The van der Waals surface area contributed by atoms with Gasteiger partial charge in [0.25, 0.3) is 0 Å². The van der Waals surface area contributed by atoms with E-state index in [1.165, 1.54) is 0 Å². The predicted octanol–water partition coefficient (Wildman–Crippen LogP) is 2.46. The van der Waals surface area contributed by atoms with Crippen LogP contribution in [0, 0.1) is 0 Å². The number of benzene rings is 2. The number of ether oxygens (including phenoxy) is 2. The van der Waals surface area contributed by atoms with Crippen molar-refractivity contribution in [3.63, 3.8) is 0 Å². The molecule has 0 bridgehead atoms. The molecule has 3 heterocycles. The molecule has 7 heteroatoms. The topological polar surface area (TPSA) is 74.1 Å². The maximum Gasteiger partial charge on any atom is 0.248 e. The molecule has 3 aromatic rings. The Morgan fingerprint density at radius 1 is 1.04 bits per heavy atom. The molecule has 2 aliphatic heterocycles. The average molecular weight is 319 g/mol. The molecule has 24 heavy (non-hydrogen) atoms. The third-order valence-electron chi connectivity index (χ3n) is 4.15. The second-order valence-corrected chi connectivity index (χ2v) is 5.58. The molecule has 2 aliphatic rings. The van der Waals surface area contributed by atoms with Crippen molar-refractivity contribution in [3.05, 3.63) is 65.7 Å². The van der Waals surface area contributed by atoms with Gasteiger partial charge in [-0.25, -0.2) is 0 Å². The van der Waals surface area contributed by atoms with Crippen LogP contribution in [0.2, 0.25) is 0 Å². The summed E-state index contributed by atoms with van der Waals surface area (Å²) in [6, 6.07) is 15.9. The smallest absolute Gasteiger partial charge is 0.248 e. The highest BCUT2D eigenvalue weighted by molar-refractivity contribution is 5.78. The first-order chi connectivity index (χ1) is 11.9. The minimum Gasteiger partial charge on any atom is -0.454 e. The lowest BCUT2D eigenvalue weighted by Gasteiger charge is -2.23. The van der Waals surface area contributed by atoms with Crippen LogP contribution in [0.1, 0.15) is 17.2 Å². The largest absolute Gasteiger partial charge is 0.454 e. The molecule has 0 saturated heterocycles. The van der Waals surface area contributed by atoms with Crippen LogP contribution < -0.4 is 14.8 Å². The predicted molar refractivity (Wildman–Crippen MR) is 86.6 cm³/mol. The van der Waals surface area contributed by atoms with Crippen LogP contribution in [-0.4, -0.2) is 27.0 Å². The Morgan fingerprint density at radius 2 is 1.92 bits per heavy atom. The third kappa shape index (κ3) is 2.02. The Hall–Kier alpha value is -3.35. The number of hydrogen-bond donors (Lipinski definition) is 1. The summed E-state index contributed by atoms with van der Waals surface area (Å²) >= 11 is 0. The minimum absolute atomic E-state index is 0.0714. The van der Waals surface area contributed by atoms with E-state index in [2.05, 4.69) is 39.1 Å². The van der Waals surface area contributed by atoms with E-state index in [0.717, 1.165) is 28.3 Å². The van der Waals surface area contributed by atoms with E-state index < -0.39 is 0 Å². The van der Waals surface area contributed by atoms with Gasteiger partial charge in [0.15, 0.2) is 11.5 Å². The zero-order valence-electron chi connectivity index (χ0n) is 12.6. The molecule has 1 unspecified atom stereocenters. The van der Waals surface area contributed by atoms with Gasteiger partial charge < -0.3 is 14.8 Å². The van der Waals surface area contributed by atoms with Crippen molar-refractivity contribution in [3.8, 4) is 11.5 Å². The van der Waals surface area contributed by atoms with Crippen molar-refractivity contribution in [2.24, 2.45) is 0 Å². The summed E-state index contributed by atoms with van der Waals surface area (Å²) in [5, 5.41) is 15.2. The molecule has 0 saturated carbocycles. The van der Waals surface area contributed by atoms with E-state index in [-0.39, 0.29) is 12.8 Å². The second-order valence-electron chi connectivity index (χ2n) is 5.58. The second kappa shape index (κ2) is 5.09. The molecule has 2 aromatic carbocycles.